The smallest absolute Gasteiger partial charge is 0.407 e. The van der Waals surface area contributed by atoms with Crippen LogP contribution in [0, 0.1) is 12.8 Å². The minimum absolute atomic E-state index is 0.0859. The first kappa shape index (κ1) is 19.5. The molecule has 1 aromatic heterocycles. The first-order valence-electron chi connectivity index (χ1n) is 8.18. The van der Waals surface area contributed by atoms with E-state index in [-0.39, 0.29) is 11.9 Å². The van der Waals surface area contributed by atoms with Gasteiger partial charge in [0.2, 0.25) is 0 Å². The quantitative estimate of drug-likeness (QED) is 0.761. The predicted octanol–water partition coefficient (Wildman–Crippen LogP) is 3.51. The van der Waals surface area contributed by atoms with E-state index in [4.69, 9.17) is 4.74 Å². The lowest BCUT2D eigenvalue weighted by Crippen LogP contribution is -2.44. The molecule has 0 spiro atoms. The Morgan fingerprint density at radius 2 is 2.00 bits per heavy atom. The first-order valence-corrected chi connectivity index (χ1v) is 8.99. The molecule has 0 aliphatic rings. The second-order valence-electron chi connectivity index (χ2n) is 5.97. The van der Waals surface area contributed by atoms with Gasteiger partial charge in [0, 0.05) is 17.5 Å². The van der Waals surface area contributed by atoms with Gasteiger partial charge in [-0.3, -0.25) is 4.79 Å². The Morgan fingerprint density at radius 1 is 1.30 bits per heavy atom. The van der Waals surface area contributed by atoms with Gasteiger partial charge in [-0.2, -0.15) is 0 Å². The van der Waals surface area contributed by atoms with Crippen molar-refractivity contribution in [1.82, 2.24) is 10.6 Å². The van der Waals surface area contributed by atoms with E-state index in [2.05, 4.69) is 31.4 Å². The van der Waals surface area contributed by atoms with Gasteiger partial charge in [0.05, 0.1) is 11.5 Å². The number of amides is 2. The zero-order valence-electron chi connectivity index (χ0n) is 14.7. The Hall–Kier alpha value is -1.56. The predicted molar refractivity (Wildman–Crippen MR) is 94.2 cm³/mol. The number of hydrogen-bond acceptors (Lipinski definition) is 4. The minimum atomic E-state index is -0.437. The molecule has 1 unspecified atom stereocenters. The average molecular weight is 340 g/mol. The van der Waals surface area contributed by atoms with Gasteiger partial charge >= 0.3 is 6.09 Å². The summed E-state index contributed by atoms with van der Waals surface area (Å²) in [6.45, 7) is 10.8. The number of hydrogen-bond donors (Lipinski definition) is 2. The second kappa shape index (κ2) is 9.55. The summed E-state index contributed by atoms with van der Waals surface area (Å²) in [6.07, 6.45) is 1.28. The number of aryl methyl sites for hydroxylation is 2. The molecule has 0 radical (unpaired) electrons. The van der Waals surface area contributed by atoms with Crippen molar-refractivity contribution in [3.63, 3.8) is 0 Å². The van der Waals surface area contributed by atoms with Crippen LogP contribution in [0.5, 0.6) is 0 Å². The van der Waals surface area contributed by atoms with Crippen molar-refractivity contribution in [3.8, 4) is 0 Å². The summed E-state index contributed by atoms with van der Waals surface area (Å²) < 4.78 is 4.92. The van der Waals surface area contributed by atoms with Crippen LogP contribution in [0.15, 0.2) is 6.07 Å². The lowest BCUT2D eigenvalue weighted by Gasteiger charge is -2.20. The van der Waals surface area contributed by atoms with Crippen molar-refractivity contribution in [1.29, 1.82) is 0 Å². The first-order chi connectivity index (χ1) is 10.9. The highest BCUT2D eigenvalue weighted by atomic mass is 32.1. The molecule has 5 nitrogen and oxygen atoms in total. The Morgan fingerprint density at radius 3 is 2.52 bits per heavy atom. The summed E-state index contributed by atoms with van der Waals surface area (Å²) in [6, 6.07) is 1.79. The minimum Gasteiger partial charge on any atom is -0.450 e. The van der Waals surface area contributed by atoms with Crippen LogP contribution in [-0.2, 0) is 11.2 Å². The SMILES string of the molecule is CCOC(=O)NC(CNC(=O)c1cc(C)c(CC)s1)CC(C)C. The highest BCUT2D eigenvalue weighted by Gasteiger charge is 2.17. The van der Waals surface area contributed by atoms with Crippen molar-refractivity contribution >= 4 is 23.3 Å². The monoisotopic (exact) mass is 340 g/mol. The van der Waals surface area contributed by atoms with Crippen LogP contribution < -0.4 is 10.6 Å². The van der Waals surface area contributed by atoms with Crippen LogP contribution in [0.3, 0.4) is 0 Å². The van der Waals surface area contributed by atoms with Crippen molar-refractivity contribution in [2.24, 2.45) is 5.92 Å². The molecule has 130 valence electrons. The number of carbonyl (C=O) groups is 2. The number of nitrogens with one attached hydrogen (secondary N) is 2. The molecule has 2 N–H and O–H groups in total. The van der Waals surface area contributed by atoms with Crippen LogP contribution in [0.25, 0.3) is 0 Å². The summed E-state index contributed by atoms with van der Waals surface area (Å²) >= 11 is 1.53. The third-order valence-electron chi connectivity index (χ3n) is 3.43. The van der Waals surface area contributed by atoms with Gasteiger partial charge in [-0.05, 0) is 44.2 Å². The zero-order chi connectivity index (χ0) is 17.4. The number of ether oxygens (including phenoxy) is 1. The zero-order valence-corrected chi connectivity index (χ0v) is 15.5. The number of carbonyl (C=O) groups excluding carboxylic acids is 2. The van der Waals surface area contributed by atoms with Gasteiger partial charge in [-0.1, -0.05) is 20.8 Å². The fraction of sp³-hybridized carbons (Fsp3) is 0.647. The maximum Gasteiger partial charge on any atom is 0.407 e. The van der Waals surface area contributed by atoms with Crippen molar-refractivity contribution in [2.75, 3.05) is 13.2 Å². The topological polar surface area (TPSA) is 67.4 Å². The van der Waals surface area contributed by atoms with Gasteiger partial charge in [0.15, 0.2) is 0 Å². The number of rotatable bonds is 8. The molecule has 6 heteroatoms. The van der Waals surface area contributed by atoms with Crippen LogP contribution in [-0.4, -0.2) is 31.2 Å². The Balaban J connectivity index is 2.61. The number of thiophene rings is 1. The summed E-state index contributed by atoms with van der Waals surface area (Å²) in [5.41, 5.74) is 1.16. The summed E-state index contributed by atoms with van der Waals surface area (Å²) in [7, 11) is 0. The van der Waals surface area contributed by atoms with Crippen molar-refractivity contribution in [2.45, 2.75) is 53.5 Å². The highest BCUT2D eigenvalue weighted by Crippen LogP contribution is 2.22. The van der Waals surface area contributed by atoms with Crippen LogP contribution in [0.2, 0.25) is 0 Å². The van der Waals surface area contributed by atoms with E-state index in [0.717, 1.165) is 23.3 Å². The van der Waals surface area contributed by atoms with E-state index in [9.17, 15) is 9.59 Å². The maximum atomic E-state index is 12.3. The molecule has 1 atom stereocenters. The molecule has 1 rings (SSSR count). The standard InChI is InChI=1S/C17H28N2O3S/c1-6-14-12(5)9-15(23-14)16(20)18-10-13(8-11(3)4)19-17(21)22-7-2/h9,11,13H,6-8,10H2,1-5H3,(H,18,20)(H,19,21). The van der Waals surface area contributed by atoms with Gasteiger partial charge in [-0.25, -0.2) is 4.79 Å². The van der Waals surface area contributed by atoms with E-state index in [0.29, 0.717) is 19.1 Å². The highest BCUT2D eigenvalue weighted by molar-refractivity contribution is 7.14. The third-order valence-corrected chi connectivity index (χ3v) is 4.81. The Kier molecular flexibility index (Phi) is 8.09. The molecule has 2 amide bonds. The van der Waals surface area contributed by atoms with Crippen LogP contribution >= 0.6 is 11.3 Å². The molecule has 0 aliphatic carbocycles. The lowest BCUT2D eigenvalue weighted by atomic mass is 10.0. The summed E-state index contributed by atoms with van der Waals surface area (Å²) in [4.78, 5) is 25.8. The summed E-state index contributed by atoms with van der Waals surface area (Å²) in [5.74, 6) is 0.326. The van der Waals surface area contributed by atoms with E-state index >= 15 is 0 Å². The van der Waals surface area contributed by atoms with Gasteiger partial charge < -0.3 is 15.4 Å². The number of alkyl carbamates (subject to hydrolysis) is 1. The van der Waals surface area contributed by atoms with Crippen molar-refractivity contribution in [3.05, 3.63) is 21.4 Å². The molecule has 0 bridgehead atoms. The molecular formula is C17H28N2O3S. The Labute approximate surface area is 142 Å². The molecule has 0 aromatic carbocycles. The molecule has 23 heavy (non-hydrogen) atoms. The van der Waals surface area contributed by atoms with Gasteiger partial charge in [0.1, 0.15) is 0 Å². The molecule has 1 aromatic rings. The van der Waals surface area contributed by atoms with Crippen molar-refractivity contribution < 1.29 is 14.3 Å². The van der Waals surface area contributed by atoms with Gasteiger partial charge in [0.25, 0.3) is 5.91 Å². The van der Waals surface area contributed by atoms with E-state index in [1.54, 1.807) is 6.92 Å². The van der Waals surface area contributed by atoms with Gasteiger partial charge in [-0.15, -0.1) is 11.3 Å². The van der Waals surface area contributed by atoms with E-state index < -0.39 is 6.09 Å². The summed E-state index contributed by atoms with van der Waals surface area (Å²) in [5, 5.41) is 5.73. The molecule has 1 heterocycles. The molecular weight excluding hydrogens is 312 g/mol. The Bertz CT molecular complexity index is 526. The molecule has 0 fully saturated rings. The molecule has 0 saturated heterocycles. The molecule has 0 aliphatic heterocycles. The fourth-order valence-electron chi connectivity index (χ4n) is 2.39. The van der Waals surface area contributed by atoms with Crippen LogP contribution in [0.4, 0.5) is 4.79 Å². The second-order valence-corrected chi connectivity index (χ2v) is 7.11. The normalized spacial score (nSPS) is 12.1. The van der Waals surface area contributed by atoms with Crippen LogP contribution in [0.1, 0.15) is 54.2 Å². The largest absolute Gasteiger partial charge is 0.450 e. The lowest BCUT2D eigenvalue weighted by molar-refractivity contribution is 0.0948. The fourth-order valence-corrected chi connectivity index (χ4v) is 3.42. The average Bonchev–Trinajstić information content (AvgIpc) is 2.85. The third kappa shape index (κ3) is 6.60. The maximum absolute atomic E-state index is 12.3. The molecule has 0 saturated carbocycles. The van der Waals surface area contributed by atoms with E-state index in [1.165, 1.54) is 16.2 Å². The van der Waals surface area contributed by atoms with E-state index in [1.807, 2.05) is 13.0 Å².